The van der Waals surface area contributed by atoms with Gasteiger partial charge in [-0.3, -0.25) is 14.0 Å². The van der Waals surface area contributed by atoms with E-state index < -0.39 is 41.2 Å². The summed E-state index contributed by atoms with van der Waals surface area (Å²) in [6, 6.07) is 0. The summed E-state index contributed by atoms with van der Waals surface area (Å²) in [6.45, 7) is -0.237. The second kappa shape index (κ2) is 7.73. The summed E-state index contributed by atoms with van der Waals surface area (Å²) in [5, 5.41) is 6.58. The molecule has 7 nitrogen and oxygen atoms in total. The first-order valence-corrected chi connectivity index (χ1v) is 11.3. The monoisotopic (exact) mass is 398 g/mol. The minimum Gasteiger partial charge on any atom is -0.396 e. The molecule has 0 aromatic rings. The Bertz CT molecular complexity index is 559. The van der Waals surface area contributed by atoms with Crippen molar-refractivity contribution in [2.75, 3.05) is 13.2 Å². The summed E-state index contributed by atoms with van der Waals surface area (Å²) in [4.78, 5) is 8.23. The minimum atomic E-state index is -6.00. The standard InChI is InChI=1S/C9H17BF3O7P3/c1-6(22(12,16)20-23(13,17)18)21(11,15)19-5-8-3-9(10)2-7(8)4-14/h6-9,14H,2-5H2,1H3,(H,17,18)/t6?,7?,8-,9+,21?,22?/m1/s1. The molecule has 7 atom stereocenters. The maximum atomic E-state index is 14.0. The quantitative estimate of drug-likeness (QED) is 0.474. The molecule has 1 rings (SSSR count). The van der Waals surface area contributed by atoms with Crippen LogP contribution in [0.1, 0.15) is 19.8 Å². The van der Waals surface area contributed by atoms with Crippen LogP contribution in [-0.4, -0.2) is 36.5 Å². The maximum absolute atomic E-state index is 14.0. The third-order valence-corrected chi connectivity index (χ3v) is 9.32. The van der Waals surface area contributed by atoms with Gasteiger partial charge in [-0.25, -0.2) is 4.57 Å². The fraction of sp³-hybridized carbons (Fsp3) is 1.00. The van der Waals surface area contributed by atoms with Crippen LogP contribution in [0.3, 0.4) is 0 Å². The summed E-state index contributed by atoms with van der Waals surface area (Å²) >= 11 is 0. The number of hydrogen-bond donors (Lipinski definition) is 2. The molecular formula is C9H17BF3O7P3. The fourth-order valence-corrected chi connectivity index (χ4v) is 6.51. The van der Waals surface area contributed by atoms with Crippen LogP contribution in [0.2, 0.25) is 5.82 Å². The number of aliphatic hydroxyl groups is 1. The Labute approximate surface area is 133 Å². The molecule has 1 aliphatic rings. The van der Waals surface area contributed by atoms with Gasteiger partial charge in [-0.1, -0.05) is 18.7 Å². The van der Waals surface area contributed by atoms with E-state index in [2.05, 4.69) is 8.83 Å². The van der Waals surface area contributed by atoms with Gasteiger partial charge in [0.2, 0.25) is 0 Å². The highest BCUT2D eigenvalue weighted by Gasteiger charge is 2.51. The minimum absolute atomic E-state index is 0.256. The SMILES string of the molecule is [B][C@H]1CC(CO)[C@@H](COP(=O)(F)C(C)P(=O)(F)OP(=O)(O)F)C1. The number of aliphatic hydroxyl groups excluding tert-OH is 1. The molecule has 0 aromatic carbocycles. The molecule has 0 saturated heterocycles. The van der Waals surface area contributed by atoms with Gasteiger partial charge in [-0.05, 0) is 18.8 Å². The Morgan fingerprint density at radius 1 is 1.17 bits per heavy atom. The van der Waals surface area contributed by atoms with E-state index in [0.717, 1.165) is 0 Å². The molecule has 2 radical (unpaired) electrons. The van der Waals surface area contributed by atoms with E-state index in [1.807, 2.05) is 0 Å². The molecule has 0 aliphatic heterocycles. The lowest BCUT2D eigenvalue weighted by atomic mass is 9.85. The first kappa shape index (κ1) is 21.4. The van der Waals surface area contributed by atoms with E-state index in [-0.39, 0.29) is 18.3 Å². The van der Waals surface area contributed by atoms with E-state index in [9.17, 15) is 26.3 Å². The van der Waals surface area contributed by atoms with Crippen molar-refractivity contribution < 1.29 is 45.1 Å². The van der Waals surface area contributed by atoms with Crippen molar-refractivity contribution in [2.24, 2.45) is 11.8 Å². The fourth-order valence-electron chi connectivity index (χ4n) is 2.36. The van der Waals surface area contributed by atoms with Gasteiger partial charge in [0.1, 0.15) is 0 Å². The highest BCUT2D eigenvalue weighted by atomic mass is 31.3. The van der Waals surface area contributed by atoms with Crippen molar-refractivity contribution in [1.29, 1.82) is 0 Å². The number of hydrogen-bond acceptors (Lipinski definition) is 6. The van der Waals surface area contributed by atoms with Crippen LogP contribution in [-0.2, 0) is 22.5 Å². The Balaban J connectivity index is 2.73. The van der Waals surface area contributed by atoms with Crippen molar-refractivity contribution in [3.63, 3.8) is 0 Å². The van der Waals surface area contributed by atoms with Gasteiger partial charge in [0.15, 0.2) is 5.40 Å². The molecule has 0 aromatic heterocycles. The van der Waals surface area contributed by atoms with Gasteiger partial charge in [0, 0.05) is 6.61 Å². The van der Waals surface area contributed by atoms with Crippen LogP contribution in [0.25, 0.3) is 0 Å². The highest BCUT2D eigenvalue weighted by Crippen LogP contribution is 2.75. The molecule has 14 heteroatoms. The van der Waals surface area contributed by atoms with Crippen LogP contribution in [0, 0.1) is 11.8 Å². The zero-order chi connectivity index (χ0) is 18.1. The first-order chi connectivity index (χ1) is 10.3. The predicted octanol–water partition coefficient (Wildman–Crippen LogP) is 3.74. The predicted molar refractivity (Wildman–Crippen MR) is 77.7 cm³/mol. The summed E-state index contributed by atoms with van der Waals surface area (Å²) in [6.07, 6.45) is 0.788. The zero-order valence-electron chi connectivity index (χ0n) is 12.1. The van der Waals surface area contributed by atoms with Crippen molar-refractivity contribution in [3.05, 3.63) is 0 Å². The largest absolute Gasteiger partial charge is 0.517 e. The van der Waals surface area contributed by atoms with E-state index in [4.69, 9.17) is 17.8 Å². The molecule has 0 amide bonds. The normalized spacial score (nSPS) is 34.3. The third kappa shape index (κ3) is 6.31. The van der Waals surface area contributed by atoms with Gasteiger partial charge < -0.3 is 9.63 Å². The second-order valence-corrected chi connectivity index (χ2v) is 11.3. The summed E-state index contributed by atoms with van der Waals surface area (Å²) in [5.74, 6) is -1.03. The highest BCUT2D eigenvalue weighted by molar-refractivity contribution is 7.75. The van der Waals surface area contributed by atoms with Crippen molar-refractivity contribution in [3.8, 4) is 0 Å². The number of rotatable bonds is 8. The Morgan fingerprint density at radius 3 is 2.17 bits per heavy atom. The van der Waals surface area contributed by atoms with Crippen LogP contribution >= 0.6 is 23.3 Å². The molecular weight excluding hydrogens is 381 g/mol. The van der Waals surface area contributed by atoms with Crippen LogP contribution < -0.4 is 0 Å². The first-order valence-electron chi connectivity index (χ1n) is 6.62. The molecule has 5 unspecified atom stereocenters. The Morgan fingerprint density at radius 2 is 1.70 bits per heavy atom. The Kier molecular flexibility index (Phi) is 7.20. The van der Waals surface area contributed by atoms with Crippen LogP contribution in [0.4, 0.5) is 12.6 Å². The molecule has 1 fully saturated rings. The molecule has 1 saturated carbocycles. The van der Waals surface area contributed by atoms with Gasteiger partial charge in [0.25, 0.3) is 0 Å². The van der Waals surface area contributed by atoms with Gasteiger partial charge >= 0.3 is 23.3 Å². The summed E-state index contributed by atoms with van der Waals surface area (Å²) < 4.78 is 81.0. The van der Waals surface area contributed by atoms with E-state index >= 15 is 0 Å². The van der Waals surface area contributed by atoms with Crippen LogP contribution in [0.5, 0.6) is 0 Å². The van der Waals surface area contributed by atoms with E-state index in [0.29, 0.717) is 19.8 Å². The van der Waals surface area contributed by atoms with Crippen molar-refractivity contribution in [2.45, 2.75) is 31.0 Å². The Hall–Kier alpha value is 0.385. The van der Waals surface area contributed by atoms with Gasteiger partial charge in [-0.2, -0.15) is 12.7 Å². The molecule has 0 heterocycles. The van der Waals surface area contributed by atoms with Gasteiger partial charge in [-0.15, -0.1) is 4.20 Å². The lowest BCUT2D eigenvalue weighted by Crippen LogP contribution is -2.18. The van der Waals surface area contributed by atoms with E-state index in [1.165, 1.54) is 0 Å². The second-order valence-electron chi connectivity index (χ2n) is 5.44. The zero-order valence-corrected chi connectivity index (χ0v) is 14.8. The molecule has 23 heavy (non-hydrogen) atoms. The van der Waals surface area contributed by atoms with Gasteiger partial charge in [0.05, 0.1) is 14.5 Å². The molecule has 0 spiro atoms. The summed E-state index contributed by atoms with van der Waals surface area (Å²) in [5.41, 5.74) is 0. The average Bonchev–Trinajstić information content (AvgIpc) is 2.73. The molecule has 1 aliphatic carbocycles. The van der Waals surface area contributed by atoms with Crippen molar-refractivity contribution >= 4 is 31.1 Å². The van der Waals surface area contributed by atoms with Crippen molar-refractivity contribution in [1.82, 2.24) is 0 Å². The van der Waals surface area contributed by atoms with E-state index in [1.54, 1.807) is 0 Å². The smallest absolute Gasteiger partial charge is 0.396 e. The van der Waals surface area contributed by atoms with Crippen LogP contribution in [0.15, 0.2) is 0 Å². The lowest BCUT2D eigenvalue weighted by molar-refractivity contribution is 0.147. The lowest BCUT2D eigenvalue weighted by Gasteiger charge is -2.23. The average molecular weight is 398 g/mol. The third-order valence-electron chi connectivity index (χ3n) is 3.68. The molecule has 0 bridgehead atoms. The topological polar surface area (TPSA) is 110 Å². The molecule has 134 valence electrons. The summed E-state index contributed by atoms with van der Waals surface area (Å²) in [7, 11) is -11.6. The number of halogens is 3. The maximum Gasteiger partial charge on any atom is 0.517 e. The molecule has 2 N–H and O–H groups in total.